The van der Waals surface area contributed by atoms with Crippen molar-refractivity contribution in [3.8, 4) is 0 Å². The van der Waals surface area contributed by atoms with Crippen LogP contribution in [0.1, 0.15) is 27.7 Å². The number of carbonyl (C=O) groups is 2. The van der Waals surface area contributed by atoms with E-state index in [-0.39, 0.29) is 44.3 Å². The summed E-state index contributed by atoms with van der Waals surface area (Å²) >= 11 is 0. The molecule has 0 atom stereocenters. The van der Waals surface area contributed by atoms with Crippen LogP contribution in [0.4, 0.5) is 0 Å². The summed E-state index contributed by atoms with van der Waals surface area (Å²) in [5.74, 6) is 0.333. The topological polar surface area (TPSA) is 34.1 Å². The molecular formula is C6H12O2Y. The predicted molar refractivity (Wildman–Crippen MR) is 32.7 cm³/mol. The molecule has 0 rings (SSSR count). The van der Waals surface area contributed by atoms with Crippen molar-refractivity contribution < 1.29 is 42.3 Å². The van der Waals surface area contributed by atoms with Crippen molar-refractivity contribution in [2.24, 2.45) is 0 Å². The van der Waals surface area contributed by atoms with Gasteiger partial charge in [0.05, 0.1) is 0 Å². The van der Waals surface area contributed by atoms with E-state index in [1.165, 1.54) is 27.7 Å². The number of rotatable bonds is 0. The van der Waals surface area contributed by atoms with Crippen molar-refractivity contribution in [2.75, 3.05) is 0 Å². The van der Waals surface area contributed by atoms with Crippen molar-refractivity contribution in [1.29, 1.82) is 0 Å². The molecule has 0 amide bonds. The third-order valence-electron chi connectivity index (χ3n) is 0. The average Bonchev–Trinajstić information content (AvgIpc) is 1.25. The predicted octanol–water partition coefficient (Wildman–Crippen LogP) is 1.19. The van der Waals surface area contributed by atoms with Gasteiger partial charge in [-0.2, -0.15) is 0 Å². The molecule has 0 spiro atoms. The average molecular weight is 205 g/mol. The Morgan fingerprint density at radius 1 is 0.778 bits per heavy atom. The maximum Gasteiger partial charge on any atom is 0.126 e. The van der Waals surface area contributed by atoms with Crippen molar-refractivity contribution in [2.45, 2.75) is 27.7 Å². The molecular weight excluding hydrogens is 193 g/mol. The first-order valence-corrected chi connectivity index (χ1v) is 2.41. The van der Waals surface area contributed by atoms with E-state index in [4.69, 9.17) is 0 Å². The maximum absolute atomic E-state index is 9.44. The second kappa shape index (κ2) is 11.3. The summed E-state index contributed by atoms with van der Waals surface area (Å²) in [4.78, 5) is 18.9. The second-order valence-corrected chi connectivity index (χ2v) is 1.82. The third kappa shape index (κ3) is 1780. The van der Waals surface area contributed by atoms with Gasteiger partial charge in [-0.05, 0) is 27.7 Å². The molecule has 3 heteroatoms. The number of hydrogen-bond acceptors (Lipinski definition) is 2. The maximum atomic E-state index is 9.44. The Kier molecular flexibility index (Phi) is 20.3. The van der Waals surface area contributed by atoms with E-state index in [1.807, 2.05) is 0 Å². The molecule has 0 N–H and O–H groups in total. The summed E-state index contributed by atoms with van der Waals surface area (Å²) in [5, 5.41) is 0. The Bertz CT molecular complexity index is 69.1. The van der Waals surface area contributed by atoms with Gasteiger partial charge in [-0.15, -0.1) is 0 Å². The summed E-state index contributed by atoms with van der Waals surface area (Å²) in [5.41, 5.74) is 0. The summed E-state index contributed by atoms with van der Waals surface area (Å²) in [7, 11) is 0. The number of hydrogen-bond donors (Lipinski definition) is 0. The van der Waals surface area contributed by atoms with Gasteiger partial charge in [-0.3, -0.25) is 0 Å². The summed E-state index contributed by atoms with van der Waals surface area (Å²) < 4.78 is 0. The van der Waals surface area contributed by atoms with Crippen LogP contribution in [-0.2, 0) is 42.3 Å². The van der Waals surface area contributed by atoms with Crippen LogP contribution < -0.4 is 0 Å². The fourth-order valence-electron chi connectivity index (χ4n) is 0. The summed E-state index contributed by atoms with van der Waals surface area (Å²) in [6.07, 6.45) is 0. The largest absolute Gasteiger partial charge is 0.300 e. The minimum absolute atomic E-state index is 0. The van der Waals surface area contributed by atoms with E-state index >= 15 is 0 Å². The van der Waals surface area contributed by atoms with E-state index in [0.29, 0.717) is 0 Å². The number of Topliss-reactive ketones (excluding diaryl/α,β-unsaturated/α-hetero) is 2. The molecule has 0 bridgehead atoms. The van der Waals surface area contributed by atoms with Gasteiger partial charge in [0.25, 0.3) is 0 Å². The fraction of sp³-hybridized carbons (Fsp3) is 0.667. The minimum atomic E-state index is 0. The molecule has 0 saturated carbocycles. The normalized spacial score (nSPS) is 5.78. The standard InChI is InChI=1S/2C3H6O.Y/c2*1-3(2)4;/h2*1-2H3;. The van der Waals surface area contributed by atoms with Gasteiger partial charge in [0, 0.05) is 32.7 Å². The fourth-order valence-corrected chi connectivity index (χ4v) is 0. The first kappa shape index (κ1) is 16.2. The molecule has 1 radical (unpaired) electrons. The molecule has 0 aromatic heterocycles. The van der Waals surface area contributed by atoms with Crippen molar-refractivity contribution >= 4 is 11.6 Å². The second-order valence-electron chi connectivity index (χ2n) is 1.82. The molecule has 0 aliphatic rings. The van der Waals surface area contributed by atoms with Crippen LogP contribution >= 0.6 is 0 Å². The molecule has 0 aromatic rings. The zero-order valence-electron chi connectivity index (χ0n) is 6.39. The van der Waals surface area contributed by atoms with Crippen molar-refractivity contribution in [3.63, 3.8) is 0 Å². The van der Waals surface area contributed by atoms with E-state index in [9.17, 15) is 9.59 Å². The molecule has 9 heavy (non-hydrogen) atoms. The van der Waals surface area contributed by atoms with Crippen LogP contribution in [0, 0.1) is 0 Å². The van der Waals surface area contributed by atoms with E-state index < -0.39 is 0 Å². The van der Waals surface area contributed by atoms with Crippen LogP contribution in [0.25, 0.3) is 0 Å². The van der Waals surface area contributed by atoms with Gasteiger partial charge < -0.3 is 9.59 Å². The van der Waals surface area contributed by atoms with Crippen LogP contribution in [0.2, 0.25) is 0 Å². The van der Waals surface area contributed by atoms with Crippen molar-refractivity contribution in [3.05, 3.63) is 0 Å². The SMILES string of the molecule is CC(C)=O.CC(C)=O.[Y]. The molecule has 0 fully saturated rings. The van der Waals surface area contributed by atoms with Gasteiger partial charge in [0.1, 0.15) is 11.6 Å². The van der Waals surface area contributed by atoms with Gasteiger partial charge in [-0.1, -0.05) is 0 Å². The summed E-state index contributed by atoms with van der Waals surface area (Å²) in [6, 6.07) is 0. The molecule has 2 nitrogen and oxygen atoms in total. The Labute approximate surface area is 81.3 Å². The smallest absolute Gasteiger partial charge is 0.126 e. The van der Waals surface area contributed by atoms with Crippen molar-refractivity contribution in [1.82, 2.24) is 0 Å². The minimum Gasteiger partial charge on any atom is -0.300 e. The van der Waals surface area contributed by atoms with Gasteiger partial charge in [-0.25, -0.2) is 0 Å². The Balaban J connectivity index is -0.0000000720. The molecule has 0 aliphatic heterocycles. The first-order valence-electron chi connectivity index (χ1n) is 2.41. The van der Waals surface area contributed by atoms with E-state index in [1.54, 1.807) is 0 Å². The van der Waals surface area contributed by atoms with E-state index in [2.05, 4.69) is 0 Å². The molecule has 51 valence electrons. The molecule has 0 unspecified atom stereocenters. The summed E-state index contributed by atoms with van der Waals surface area (Å²) in [6.45, 7) is 6.11. The van der Waals surface area contributed by atoms with Gasteiger partial charge >= 0.3 is 0 Å². The monoisotopic (exact) mass is 205 g/mol. The molecule has 0 aliphatic carbocycles. The van der Waals surface area contributed by atoms with Crippen LogP contribution in [0.5, 0.6) is 0 Å². The Morgan fingerprint density at radius 3 is 0.778 bits per heavy atom. The van der Waals surface area contributed by atoms with Gasteiger partial charge in [0.15, 0.2) is 0 Å². The third-order valence-corrected chi connectivity index (χ3v) is 0. The van der Waals surface area contributed by atoms with Crippen LogP contribution in [0.3, 0.4) is 0 Å². The molecule has 0 heterocycles. The van der Waals surface area contributed by atoms with Crippen LogP contribution in [-0.4, -0.2) is 11.6 Å². The zero-order valence-corrected chi connectivity index (χ0v) is 9.23. The molecule has 0 saturated heterocycles. The first-order chi connectivity index (χ1) is 3.46. The Hall–Kier alpha value is 0.444. The van der Waals surface area contributed by atoms with Crippen LogP contribution in [0.15, 0.2) is 0 Å². The molecule has 0 aromatic carbocycles. The van der Waals surface area contributed by atoms with E-state index in [0.717, 1.165) is 0 Å². The quantitative estimate of drug-likeness (QED) is 0.595. The number of ketones is 2. The number of carbonyl (C=O) groups excluding carboxylic acids is 2. The zero-order chi connectivity index (χ0) is 7.15. The Morgan fingerprint density at radius 2 is 0.778 bits per heavy atom. The van der Waals surface area contributed by atoms with Gasteiger partial charge in [0.2, 0.25) is 0 Å².